The van der Waals surface area contributed by atoms with Crippen molar-refractivity contribution in [1.82, 2.24) is 5.32 Å². The molecule has 1 aliphatic rings. The molecule has 0 amide bonds. The molecule has 0 aromatic rings. The quantitative estimate of drug-likeness (QED) is 0.540. The summed E-state index contributed by atoms with van der Waals surface area (Å²) in [5.41, 5.74) is -0.302. The second kappa shape index (κ2) is 4.57. The minimum atomic E-state index is -0.306. The number of rotatable bonds is 3. The molecular formula is C10H17NO3. The Bertz CT molecular complexity index is 236. The fourth-order valence-electron chi connectivity index (χ4n) is 1.32. The maximum absolute atomic E-state index is 11.0. The van der Waals surface area contributed by atoms with Crippen LogP contribution in [0.4, 0.5) is 0 Å². The second-order valence-corrected chi connectivity index (χ2v) is 3.68. The first-order chi connectivity index (χ1) is 6.53. The zero-order chi connectivity index (χ0) is 10.6. The number of nitrogens with one attached hydrogen (secondary N) is 1. The number of hydrogen-bond acceptors (Lipinski definition) is 4. The molecule has 80 valence electrons. The normalized spacial score (nSPS) is 25.5. The smallest absolute Gasteiger partial charge is 0.330 e. The molecule has 1 N–H and O–H groups in total. The Morgan fingerprint density at radius 2 is 2.43 bits per heavy atom. The number of hydrogen-bond donors (Lipinski definition) is 1. The van der Waals surface area contributed by atoms with Gasteiger partial charge in [0.1, 0.15) is 5.72 Å². The molecule has 0 aliphatic carbocycles. The largest absolute Gasteiger partial charge is 0.463 e. The minimum Gasteiger partial charge on any atom is -0.463 e. The van der Waals surface area contributed by atoms with Crippen molar-refractivity contribution >= 4 is 5.97 Å². The Morgan fingerprint density at radius 3 is 2.93 bits per heavy atom. The lowest BCUT2D eigenvalue weighted by atomic mass is 10.2. The number of carbonyl (C=O) groups is 1. The van der Waals surface area contributed by atoms with E-state index >= 15 is 0 Å². The summed E-state index contributed by atoms with van der Waals surface area (Å²) in [5, 5.41) is 3.21. The molecule has 0 spiro atoms. The molecule has 1 saturated heterocycles. The van der Waals surface area contributed by atoms with Crippen molar-refractivity contribution in [3.8, 4) is 0 Å². The van der Waals surface area contributed by atoms with Crippen LogP contribution in [0, 0.1) is 0 Å². The molecule has 1 fully saturated rings. The van der Waals surface area contributed by atoms with Crippen LogP contribution < -0.4 is 5.32 Å². The third-order valence-corrected chi connectivity index (χ3v) is 1.91. The van der Waals surface area contributed by atoms with Gasteiger partial charge in [-0.2, -0.15) is 0 Å². The van der Waals surface area contributed by atoms with Gasteiger partial charge in [-0.1, -0.05) is 6.08 Å². The predicted molar refractivity (Wildman–Crippen MR) is 52.7 cm³/mol. The van der Waals surface area contributed by atoms with Gasteiger partial charge in [0, 0.05) is 6.08 Å². The fraction of sp³-hybridized carbons (Fsp3) is 0.700. The molecule has 14 heavy (non-hydrogen) atoms. The van der Waals surface area contributed by atoms with E-state index in [9.17, 15) is 4.79 Å². The second-order valence-electron chi connectivity index (χ2n) is 3.68. The maximum Gasteiger partial charge on any atom is 0.330 e. The van der Waals surface area contributed by atoms with E-state index in [0.717, 1.165) is 0 Å². The lowest BCUT2D eigenvalue weighted by Crippen LogP contribution is -2.37. The van der Waals surface area contributed by atoms with Gasteiger partial charge >= 0.3 is 5.97 Å². The topological polar surface area (TPSA) is 47.6 Å². The molecule has 1 atom stereocenters. The first-order valence-electron chi connectivity index (χ1n) is 4.80. The van der Waals surface area contributed by atoms with Crippen molar-refractivity contribution in [2.45, 2.75) is 32.5 Å². The molecule has 0 radical (unpaired) electrons. The van der Waals surface area contributed by atoms with Crippen LogP contribution in [0.1, 0.15) is 20.8 Å². The van der Waals surface area contributed by atoms with Crippen LogP contribution in [0.25, 0.3) is 0 Å². The van der Waals surface area contributed by atoms with Crippen LogP contribution >= 0.6 is 0 Å². The third kappa shape index (κ3) is 3.47. The van der Waals surface area contributed by atoms with Gasteiger partial charge < -0.3 is 9.47 Å². The zero-order valence-electron chi connectivity index (χ0n) is 8.87. The van der Waals surface area contributed by atoms with Crippen molar-refractivity contribution in [3.63, 3.8) is 0 Å². The monoisotopic (exact) mass is 199 g/mol. The predicted octanol–water partition coefficient (Wildman–Crippen LogP) is 0.830. The van der Waals surface area contributed by atoms with Gasteiger partial charge in [0.2, 0.25) is 0 Å². The summed E-state index contributed by atoms with van der Waals surface area (Å²) in [6, 6.07) is 0.0920. The number of ether oxygens (including phenoxy) is 2. The van der Waals surface area contributed by atoms with Crippen LogP contribution in [0.5, 0.6) is 0 Å². The van der Waals surface area contributed by atoms with Gasteiger partial charge in [-0.3, -0.25) is 5.32 Å². The van der Waals surface area contributed by atoms with Gasteiger partial charge in [-0.05, 0) is 20.8 Å². The van der Waals surface area contributed by atoms with E-state index in [2.05, 4.69) is 5.32 Å². The van der Waals surface area contributed by atoms with E-state index in [4.69, 9.17) is 9.47 Å². The van der Waals surface area contributed by atoms with Crippen molar-refractivity contribution < 1.29 is 14.3 Å². The molecule has 1 rings (SSSR count). The number of esters is 1. The van der Waals surface area contributed by atoms with Gasteiger partial charge in [0.15, 0.2) is 0 Å². The van der Waals surface area contributed by atoms with E-state index in [1.54, 1.807) is 13.0 Å². The highest BCUT2D eigenvalue weighted by atomic mass is 16.5. The summed E-state index contributed by atoms with van der Waals surface area (Å²) in [7, 11) is 0. The summed E-state index contributed by atoms with van der Waals surface area (Å²) < 4.78 is 10.2. The third-order valence-electron chi connectivity index (χ3n) is 1.91. The average molecular weight is 199 g/mol. The Hall–Kier alpha value is -0.870. The Kier molecular flexibility index (Phi) is 3.66. The summed E-state index contributed by atoms with van der Waals surface area (Å²) in [6.07, 6.45) is 3.21. The molecule has 4 nitrogen and oxygen atoms in total. The first-order valence-corrected chi connectivity index (χ1v) is 4.80. The first kappa shape index (κ1) is 11.2. The Morgan fingerprint density at radius 1 is 1.71 bits per heavy atom. The molecule has 0 saturated carbocycles. The highest BCUT2D eigenvalue weighted by molar-refractivity contribution is 5.81. The van der Waals surface area contributed by atoms with E-state index in [1.807, 2.05) is 13.8 Å². The van der Waals surface area contributed by atoms with E-state index < -0.39 is 0 Å². The van der Waals surface area contributed by atoms with E-state index in [-0.39, 0.29) is 17.7 Å². The van der Waals surface area contributed by atoms with Crippen LogP contribution in [-0.4, -0.2) is 30.9 Å². The zero-order valence-corrected chi connectivity index (χ0v) is 8.87. The molecule has 1 aliphatic heterocycles. The Labute approximate surface area is 84.3 Å². The fourth-order valence-corrected chi connectivity index (χ4v) is 1.32. The summed E-state index contributed by atoms with van der Waals surface area (Å²) in [4.78, 5) is 11.0. The van der Waals surface area contributed by atoms with Crippen LogP contribution in [0.2, 0.25) is 0 Å². The molecular weight excluding hydrogens is 182 g/mol. The highest BCUT2D eigenvalue weighted by Gasteiger charge is 2.29. The molecule has 0 bridgehead atoms. The maximum atomic E-state index is 11.0. The molecule has 0 unspecified atom stereocenters. The molecule has 0 aromatic carbocycles. The summed E-state index contributed by atoms with van der Waals surface area (Å²) in [6.45, 7) is 6.67. The van der Waals surface area contributed by atoms with E-state index in [0.29, 0.717) is 13.2 Å². The standard InChI is InChI=1S/C10H17NO3/c1-4-13-9(12)6-5-8-7-14-10(2,3)11-8/h5-6,8,11H,4,7H2,1-3H3/b6-5+/t8-/m1/s1. The van der Waals surface area contributed by atoms with Crippen LogP contribution in [0.3, 0.4) is 0 Å². The van der Waals surface area contributed by atoms with E-state index in [1.165, 1.54) is 6.08 Å². The lowest BCUT2D eigenvalue weighted by molar-refractivity contribution is -0.137. The van der Waals surface area contributed by atoms with Crippen molar-refractivity contribution in [3.05, 3.63) is 12.2 Å². The SMILES string of the molecule is CCOC(=O)/C=C/[C@@H]1COC(C)(C)N1. The van der Waals surface area contributed by atoms with Crippen molar-refractivity contribution in [1.29, 1.82) is 0 Å². The highest BCUT2D eigenvalue weighted by Crippen LogP contribution is 2.14. The van der Waals surface area contributed by atoms with Gasteiger partial charge in [-0.15, -0.1) is 0 Å². The average Bonchev–Trinajstić information content (AvgIpc) is 2.43. The molecule has 1 heterocycles. The molecule has 4 heteroatoms. The van der Waals surface area contributed by atoms with Crippen molar-refractivity contribution in [2.24, 2.45) is 0 Å². The van der Waals surface area contributed by atoms with Gasteiger partial charge in [0.05, 0.1) is 19.3 Å². The van der Waals surface area contributed by atoms with Gasteiger partial charge in [-0.25, -0.2) is 4.79 Å². The van der Waals surface area contributed by atoms with Crippen LogP contribution in [0.15, 0.2) is 12.2 Å². The Balaban J connectivity index is 2.35. The van der Waals surface area contributed by atoms with Crippen molar-refractivity contribution in [2.75, 3.05) is 13.2 Å². The van der Waals surface area contributed by atoms with Crippen LogP contribution in [-0.2, 0) is 14.3 Å². The summed E-state index contributed by atoms with van der Waals surface area (Å²) >= 11 is 0. The lowest BCUT2D eigenvalue weighted by Gasteiger charge is -2.16. The molecule has 0 aromatic heterocycles. The number of carbonyl (C=O) groups excluding carboxylic acids is 1. The van der Waals surface area contributed by atoms with Gasteiger partial charge in [0.25, 0.3) is 0 Å². The minimum absolute atomic E-state index is 0.0920. The summed E-state index contributed by atoms with van der Waals surface area (Å²) in [5.74, 6) is -0.306.